The summed E-state index contributed by atoms with van der Waals surface area (Å²) in [6.45, 7) is 11.2. The molecule has 2 unspecified atom stereocenters. The van der Waals surface area contributed by atoms with Gasteiger partial charge in [-0.15, -0.1) is 0 Å². The number of esters is 1. The van der Waals surface area contributed by atoms with Crippen molar-refractivity contribution in [2.24, 2.45) is 5.92 Å². The summed E-state index contributed by atoms with van der Waals surface area (Å²) in [5, 5.41) is 0. The molecule has 0 saturated heterocycles. The smallest absolute Gasteiger partial charge is 0.313 e. The SMILES string of the molecule is CCCCCCC(CCCC)COC(=O)C(C)c1cccc(C)c1C. The number of aryl methyl sites for hydroxylation is 1. The zero-order valence-electron chi connectivity index (χ0n) is 17.1. The van der Waals surface area contributed by atoms with Crippen LogP contribution in [0.2, 0.25) is 0 Å². The van der Waals surface area contributed by atoms with E-state index in [4.69, 9.17) is 4.74 Å². The fraction of sp³-hybridized carbons (Fsp3) is 0.696. The molecule has 25 heavy (non-hydrogen) atoms. The molecule has 0 aliphatic heterocycles. The largest absolute Gasteiger partial charge is 0.465 e. The summed E-state index contributed by atoms with van der Waals surface area (Å²) in [6.07, 6.45) is 9.92. The monoisotopic (exact) mass is 346 g/mol. The predicted octanol–water partition coefficient (Wildman–Crippen LogP) is 6.73. The van der Waals surface area contributed by atoms with Gasteiger partial charge in [0.15, 0.2) is 0 Å². The standard InChI is InChI=1S/C23H38O2/c1-6-8-10-11-15-21(14-9-7-2)17-25-23(24)20(5)22-16-12-13-18(3)19(22)4/h12-13,16,20-21H,6-11,14-15,17H2,1-5H3. The maximum atomic E-state index is 12.5. The molecule has 2 atom stereocenters. The van der Waals surface area contributed by atoms with Crippen molar-refractivity contribution in [1.82, 2.24) is 0 Å². The van der Waals surface area contributed by atoms with Gasteiger partial charge in [-0.3, -0.25) is 4.79 Å². The predicted molar refractivity (Wildman–Crippen MR) is 107 cm³/mol. The molecule has 2 nitrogen and oxygen atoms in total. The average Bonchev–Trinajstić information content (AvgIpc) is 2.61. The zero-order valence-corrected chi connectivity index (χ0v) is 17.1. The van der Waals surface area contributed by atoms with Gasteiger partial charge in [0.25, 0.3) is 0 Å². The van der Waals surface area contributed by atoms with Gasteiger partial charge in [0.2, 0.25) is 0 Å². The Kier molecular flexibility index (Phi) is 10.5. The summed E-state index contributed by atoms with van der Waals surface area (Å²) >= 11 is 0. The summed E-state index contributed by atoms with van der Waals surface area (Å²) < 4.78 is 5.73. The van der Waals surface area contributed by atoms with E-state index >= 15 is 0 Å². The third kappa shape index (κ3) is 7.63. The highest BCUT2D eigenvalue weighted by atomic mass is 16.5. The van der Waals surface area contributed by atoms with E-state index in [1.807, 2.05) is 19.1 Å². The quantitative estimate of drug-likeness (QED) is 0.310. The van der Waals surface area contributed by atoms with Crippen LogP contribution < -0.4 is 0 Å². The van der Waals surface area contributed by atoms with Crippen molar-refractivity contribution in [3.63, 3.8) is 0 Å². The van der Waals surface area contributed by atoms with E-state index in [9.17, 15) is 4.79 Å². The van der Waals surface area contributed by atoms with Gasteiger partial charge in [-0.05, 0) is 56.2 Å². The average molecular weight is 347 g/mol. The van der Waals surface area contributed by atoms with Crippen LogP contribution in [0, 0.1) is 19.8 Å². The lowest BCUT2D eigenvalue weighted by Gasteiger charge is -2.20. The first-order valence-electron chi connectivity index (χ1n) is 10.2. The first-order valence-corrected chi connectivity index (χ1v) is 10.2. The maximum Gasteiger partial charge on any atom is 0.313 e. The Morgan fingerprint density at radius 2 is 1.68 bits per heavy atom. The Morgan fingerprint density at radius 1 is 1.00 bits per heavy atom. The van der Waals surface area contributed by atoms with E-state index in [-0.39, 0.29) is 11.9 Å². The van der Waals surface area contributed by atoms with E-state index < -0.39 is 0 Å². The Balaban J connectivity index is 2.55. The molecule has 1 aromatic rings. The van der Waals surface area contributed by atoms with E-state index in [1.54, 1.807) is 0 Å². The lowest BCUT2D eigenvalue weighted by atomic mass is 9.93. The van der Waals surface area contributed by atoms with Gasteiger partial charge in [0.05, 0.1) is 12.5 Å². The minimum Gasteiger partial charge on any atom is -0.465 e. The molecular weight excluding hydrogens is 308 g/mol. The molecule has 0 amide bonds. The highest BCUT2D eigenvalue weighted by Crippen LogP contribution is 2.24. The number of rotatable bonds is 12. The molecule has 1 rings (SSSR count). The van der Waals surface area contributed by atoms with Crippen LogP contribution in [0.1, 0.15) is 94.7 Å². The van der Waals surface area contributed by atoms with Gasteiger partial charge in [0.1, 0.15) is 0 Å². The van der Waals surface area contributed by atoms with Crippen molar-refractivity contribution in [3.05, 3.63) is 34.9 Å². The Morgan fingerprint density at radius 3 is 2.36 bits per heavy atom. The number of unbranched alkanes of at least 4 members (excludes halogenated alkanes) is 4. The summed E-state index contributed by atoms with van der Waals surface area (Å²) in [6, 6.07) is 6.17. The molecule has 0 radical (unpaired) electrons. The topological polar surface area (TPSA) is 26.3 Å². The second kappa shape index (κ2) is 12.1. The van der Waals surface area contributed by atoms with Crippen LogP contribution in [-0.4, -0.2) is 12.6 Å². The zero-order chi connectivity index (χ0) is 18.7. The second-order valence-corrected chi connectivity index (χ2v) is 7.50. The number of carbonyl (C=O) groups is 1. The Bertz CT molecular complexity index is 507. The third-order valence-electron chi connectivity index (χ3n) is 5.36. The molecule has 0 N–H and O–H groups in total. The van der Waals surface area contributed by atoms with Crippen molar-refractivity contribution >= 4 is 5.97 Å². The van der Waals surface area contributed by atoms with Gasteiger partial charge in [-0.25, -0.2) is 0 Å². The molecule has 0 fully saturated rings. The normalized spacial score (nSPS) is 13.5. The minimum absolute atomic E-state index is 0.0799. The lowest BCUT2D eigenvalue weighted by Crippen LogP contribution is -2.19. The van der Waals surface area contributed by atoms with Crippen LogP contribution in [-0.2, 0) is 9.53 Å². The van der Waals surface area contributed by atoms with E-state index in [2.05, 4.69) is 33.8 Å². The molecule has 0 aromatic heterocycles. The highest BCUT2D eigenvalue weighted by Gasteiger charge is 2.20. The number of hydrogen-bond donors (Lipinski definition) is 0. The molecule has 0 aliphatic rings. The van der Waals surface area contributed by atoms with Gasteiger partial charge < -0.3 is 4.74 Å². The van der Waals surface area contributed by atoms with Crippen molar-refractivity contribution in [2.45, 2.75) is 91.9 Å². The first kappa shape index (κ1) is 21.7. The number of benzene rings is 1. The molecule has 0 heterocycles. The summed E-state index contributed by atoms with van der Waals surface area (Å²) in [7, 11) is 0. The van der Waals surface area contributed by atoms with Gasteiger partial charge >= 0.3 is 5.97 Å². The molecule has 142 valence electrons. The van der Waals surface area contributed by atoms with Gasteiger partial charge in [-0.2, -0.15) is 0 Å². The van der Waals surface area contributed by atoms with Crippen molar-refractivity contribution < 1.29 is 9.53 Å². The molecule has 0 saturated carbocycles. The van der Waals surface area contributed by atoms with Crippen LogP contribution in [0.3, 0.4) is 0 Å². The fourth-order valence-corrected chi connectivity index (χ4v) is 3.36. The molecular formula is C23H38O2. The van der Waals surface area contributed by atoms with E-state index in [0.717, 1.165) is 5.56 Å². The Hall–Kier alpha value is -1.31. The summed E-state index contributed by atoms with van der Waals surface area (Å²) in [5.74, 6) is 0.252. The molecule has 1 aromatic carbocycles. The summed E-state index contributed by atoms with van der Waals surface area (Å²) in [4.78, 5) is 12.5. The van der Waals surface area contributed by atoms with Gasteiger partial charge in [0, 0.05) is 0 Å². The lowest BCUT2D eigenvalue weighted by molar-refractivity contribution is -0.146. The number of hydrogen-bond acceptors (Lipinski definition) is 2. The molecule has 0 aliphatic carbocycles. The third-order valence-corrected chi connectivity index (χ3v) is 5.36. The maximum absolute atomic E-state index is 12.5. The van der Waals surface area contributed by atoms with Crippen molar-refractivity contribution in [2.75, 3.05) is 6.61 Å². The molecule has 0 bridgehead atoms. The molecule has 2 heteroatoms. The van der Waals surface area contributed by atoms with Crippen LogP contribution in [0.4, 0.5) is 0 Å². The van der Waals surface area contributed by atoms with Crippen LogP contribution in [0.25, 0.3) is 0 Å². The molecule has 0 spiro atoms. The first-order chi connectivity index (χ1) is 12.0. The van der Waals surface area contributed by atoms with Gasteiger partial charge in [-0.1, -0.05) is 70.6 Å². The second-order valence-electron chi connectivity index (χ2n) is 7.50. The van der Waals surface area contributed by atoms with Crippen molar-refractivity contribution in [3.8, 4) is 0 Å². The highest BCUT2D eigenvalue weighted by molar-refractivity contribution is 5.78. The summed E-state index contributed by atoms with van der Waals surface area (Å²) in [5.41, 5.74) is 3.53. The van der Waals surface area contributed by atoms with E-state index in [0.29, 0.717) is 12.5 Å². The van der Waals surface area contributed by atoms with Crippen LogP contribution >= 0.6 is 0 Å². The number of carbonyl (C=O) groups excluding carboxylic acids is 1. The van der Waals surface area contributed by atoms with Crippen LogP contribution in [0.15, 0.2) is 18.2 Å². The fourth-order valence-electron chi connectivity index (χ4n) is 3.36. The Labute approximate surface area is 155 Å². The number of ether oxygens (including phenoxy) is 1. The van der Waals surface area contributed by atoms with Crippen molar-refractivity contribution in [1.29, 1.82) is 0 Å². The minimum atomic E-state index is -0.188. The van der Waals surface area contributed by atoms with E-state index in [1.165, 1.54) is 62.5 Å². The van der Waals surface area contributed by atoms with Crippen LogP contribution in [0.5, 0.6) is 0 Å².